The first-order valence-electron chi connectivity index (χ1n) is 10.1. The third-order valence-corrected chi connectivity index (χ3v) is 6.55. The van der Waals surface area contributed by atoms with E-state index in [0.29, 0.717) is 23.9 Å². The SMILES string of the molecule is CC(=O)N1CCC(CC(C)S)[C@H](N)[C@@H]1CO[C@H]1CC[C@@H](C(C)C)CC1. The molecule has 1 saturated heterocycles. The van der Waals surface area contributed by atoms with Crippen molar-refractivity contribution in [3.05, 3.63) is 0 Å². The molecule has 25 heavy (non-hydrogen) atoms. The smallest absolute Gasteiger partial charge is 0.219 e. The molecule has 0 spiro atoms. The van der Waals surface area contributed by atoms with E-state index < -0.39 is 0 Å². The minimum Gasteiger partial charge on any atom is -0.376 e. The van der Waals surface area contributed by atoms with Gasteiger partial charge in [0.25, 0.3) is 0 Å². The van der Waals surface area contributed by atoms with E-state index in [0.717, 1.165) is 44.1 Å². The van der Waals surface area contributed by atoms with Crippen molar-refractivity contribution in [1.29, 1.82) is 0 Å². The van der Waals surface area contributed by atoms with E-state index in [1.54, 1.807) is 6.92 Å². The molecule has 0 radical (unpaired) electrons. The standard InChI is InChI=1S/C20H38N2O2S/c1-13(2)16-5-7-18(8-6-16)24-12-19-20(21)17(11-14(3)25)9-10-22(19)15(4)23/h13-14,16-20,25H,5-12,21H2,1-4H3/t14?,16-,17?,18+,19-,20-/m0/s1. The largest absolute Gasteiger partial charge is 0.376 e. The Hall–Kier alpha value is -0.260. The molecule has 1 heterocycles. The van der Waals surface area contributed by atoms with Crippen molar-refractivity contribution >= 4 is 18.5 Å². The molecule has 146 valence electrons. The van der Waals surface area contributed by atoms with Crippen LogP contribution in [-0.2, 0) is 9.53 Å². The van der Waals surface area contributed by atoms with Crippen molar-refractivity contribution in [2.75, 3.05) is 13.2 Å². The van der Waals surface area contributed by atoms with Crippen LogP contribution in [0.15, 0.2) is 0 Å². The highest BCUT2D eigenvalue weighted by molar-refractivity contribution is 7.80. The van der Waals surface area contributed by atoms with Gasteiger partial charge in [-0.15, -0.1) is 0 Å². The van der Waals surface area contributed by atoms with Crippen molar-refractivity contribution in [1.82, 2.24) is 4.90 Å². The van der Waals surface area contributed by atoms with Gasteiger partial charge < -0.3 is 15.4 Å². The second-order valence-corrected chi connectivity index (χ2v) is 9.49. The molecular weight excluding hydrogens is 332 g/mol. The Morgan fingerprint density at radius 2 is 1.84 bits per heavy atom. The molecule has 5 heteroatoms. The highest BCUT2D eigenvalue weighted by atomic mass is 32.1. The predicted octanol–water partition coefficient (Wildman–Crippen LogP) is 3.49. The Kier molecular flexibility index (Phi) is 8.09. The molecule has 2 unspecified atom stereocenters. The molecule has 4 nitrogen and oxygen atoms in total. The molecule has 1 aliphatic heterocycles. The maximum Gasteiger partial charge on any atom is 0.219 e. The Labute approximate surface area is 159 Å². The summed E-state index contributed by atoms with van der Waals surface area (Å²) in [5, 5.41) is 0.341. The number of thiol groups is 1. The van der Waals surface area contributed by atoms with Crippen LogP contribution in [0.1, 0.15) is 66.2 Å². The molecule has 2 rings (SSSR count). The van der Waals surface area contributed by atoms with Crippen molar-refractivity contribution in [3.63, 3.8) is 0 Å². The number of rotatable bonds is 6. The maximum atomic E-state index is 12.1. The number of likely N-dealkylation sites (tertiary alicyclic amines) is 1. The van der Waals surface area contributed by atoms with Gasteiger partial charge in [0, 0.05) is 19.5 Å². The van der Waals surface area contributed by atoms with Crippen LogP contribution in [0.4, 0.5) is 0 Å². The van der Waals surface area contributed by atoms with Crippen LogP contribution in [0, 0.1) is 17.8 Å². The Morgan fingerprint density at radius 3 is 2.36 bits per heavy atom. The van der Waals surface area contributed by atoms with Gasteiger partial charge in [-0.3, -0.25) is 4.79 Å². The van der Waals surface area contributed by atoms with E-state index in [-0.39, 0.29) is 18.0 Å². The maximum absolute atomic E-state index is 12.1. The fraction of sp³-hybridized carbons (Fsp3) is 0.950. The van der Waals surface area contributed by atoms with Crippen LogP contribution < -0.4 is 5.73 Å². The fourth-order valence-corrected chi connectivity index (χ4v) is 4.92. The molecule has 1 amide bonds. The van der Waals surface area contributed by atoms with Crippen LogP contribution in [0.2, 0.25) is 0 Å². The van der Waals surface area contributed by atoms with Gasteiger partial charge in [0.1, 0.15) is 0 Å². The van der Waals surface area contributed by atoms with Gasteiger partial charge >= 0.3 is 0 Å². The number of amides is 1. The normalized spacial score (nSPS) is 35.0. The molecule has 2 N–H and O–H groups in total. The molecule has 0 aromatic rings. The Bertz CT molecular complexity index is 422. The van der Waals surface area contributed by atoms with E-state index in [4.69, 9.17) is 10.5 Å². The topological polar surface area (TPSA) is 55.6 Å². The zero-order valence-corrected chi connectivity index (χ0v) is 17.4. The summed E-state index contributed by atoms with van der Waals surface area (Å²) < 4.78 is 6.26. The summed E-state index contributed by atoms with van der Waals surface area (Å²) in [6.45, 7) is 9.78. The van der Waals surface area contributed by atoms with Crippen LogP contribution in [0.25, 0.3) is 0 Å². The zero-order valence-electron chi connectivity index (χ0n) is 16.5. The van der Waals surface area contributed by atoms with Crippen molar-refractivity contribution < 1.29 is 9.53 Å². The molecule has 0 bridgehead atoms. The number of ether oxygens (including phenoxy) is 1. The van der Waals surface area contributed by atoms with E-state index in [1.165, 1.54) is 12.8 Å². The highest BCUT2D eigenvalue weighted by Crippen LogP contribution is 2.32. The van der Waals surface area contributed by atoms with Crippen molar-refractivity contribution in [3.8, 4) is 0 Å². The van der Waals surface area contributed by atoms with Gasteiger partial charge in [0.05, 0.1) is 18.8 Å². The van der Waals surface area contributed by atoms with Crippen LogP contribution in [0.3, 0.4) is 0 Å². The lowest BCUT2D eigenvalue weighted by Crippen LogP contribution is -2.60. The third-order valence-electron chi connectivity index (χ3n) is 6.34. The summed E-state index contributed by atoms with van der Waals surface area (Å²) in [6.07, 6.45) is 7.11. The third kappa shape index (κ3) is 5.86. The Morgan fingerprint density at radius 1 is 1.20 bits per heavy atom. The lowest BCUT2D eigenvalue weighted by Gasteiger charge is -2.44. The van der Waals surface area contributed by atoms with Crippen molar-refractivity contribution in [2.24, 2.45) is 23.5 Å². The molecule has 4 atom stereocenters. The van der Waals surface area contributed by atoms with Crippen LogP contribution >= 0.6 is 12.6 Å². The number of carbonyl (C=O) groups excluding carboxylic acids is 1. The summed E-state index contributed by atoms with van der Waals surface area (Å²) in [4.78, 5) is 14.0. The monoisotopic (exact) mass is 370 g/mol. The molecule has 1 saturated carbocycles. The molecule has 1 aliphatic carbocycles. The van der Waals surface area contributed by atoms with Crippen LogP contribution in [-0.4, -0.2) is 47.4 Å². The van der Waals surface area contributed by atoms with E-state index in [9.17, 15) is 4.79 Å². The average molecular weight is 371 g/mol. The first kappa shape index (κ1) is 21.0. The van der Waals surface area contributed by atoms with Gasteiger partial charge in [0.2, 0.25) is 5.91 Å². The van der Waals surface area contributed by atoms with Crippen molar-refractivity contribution in [2.45, 2.75) is 89.7 Å². The first-order chi connectivity index (χ1) is 11.8. The highest BCUT2D eigenvalue weighted by Gasteiger charge is 2.38. The molecule has 2 aliphatic rings. The predicted molar refractivity (Wildman–Crippen MR) is 107 cm³/mol. The molecule has 0 aromatic carbocycles. The lowest BCUT2D eigenvalue weighted by atomic mass is 9.80. The fourth-order valence-electron chi connectivity index (χ4n) is 4.65. The van der Waals surface area contributed by atoms with Gasteiger partial charge in [-0.1, -0.05) is 20.8 Å². The second kappa shape index (κ2) is 9.61. The van der Waals surface area contributed by atoms with Gasteiger partial charge in [-0.2, -0.15) is 12.6 Å². The number of hydrogen-bond acceptors (Lipinski definition) is 4. The first-order valence-corrected chi connectivity index (χ1v) is 10.6. The summed E-state index contributed by atoms with van der Waals surface area (Å²) >= 11 is 4.53. The second-order valence-electron chi connectivity index (χ2n) is 8.60. The number of nitrogens with zero attached hydrogens (tertiary/aromatic N) is 1. The summed E-state index contributed by atoms with van der Waals surface area (Å²) in [6, 6.07) is -0.00888. The quantitative estimate of drug-likeness (QED) is 0.704. The van der Waals surface area contributed by atoms with E-state index in [2.05, 4.69) is 33.4 Å². The zero-order chi connectivity index (χ0) is 18.6. The average Bonchev–Trinajstić information content (AvgIpc) is 2.55. The van der Waals surface area contributed by atoms with Gasteiger partial charge in [-0.25, -0.2) is 0 Å². The number of piperidine rings is 1. The van der Waals surface area contributed by atoms with E-state index >= 15 is 0 Å². The van der Waals surface area contributed by atoms with Gasteiger partial charge in [0.15, 0.2) is 0 Å². The molecular formula is C20H38N2O2S. The minimum absolute atomic E-state index is 0.00570. The molecule has 2 fully saturated rings. The van der Waals surface area contributed by atoms with E-state index in [1.807, 2.05) is 4.90 Å². The summed E-state index contributed by atoms with van der Waals surface area (Å²) in [7, 11) is 0. The molecule has 0 aromatic heterocycles. The number of carbonyl (C=O) groups is 1. The van der Waals surface area contributed by atoms with Crippen LogP contribution in [0.5, 0.6) is 0 Å². The Balaban J connectivity index is 1.90. The number of nitrogens with two attached hydrogens (primary N) is 1. The summed E-state index contributed by atoms with van der Waals surface area (Å²) in [5.74, 6) is 2.15. The minimum atomic E-state index is -0.0146. The summed E-state index contributed by atoms with van der Waals surface area (Å²) in [5.41, 5.74) is 6.57. The number of hydrogen-bond donors (Lipinski definition) is 2. The van der Waals surface area contributed by atoms with Gasteiger partial charge in [-0.05, 0) is 61.5 Å². The lowest BCUT2D eigenvalue weighted by molar-refractivity contribution is -0.137.